The normalized spacial score (nSPS) is 17.3. The summed E-state index contributed by atoms with van der Waals surface area (Å²) in [6.07, 6.45) is 5.46. The minimum absolute atomic E-state index is 0.118. The maximum atomic E-state index is 11.1. The van der Waals surface area contributed by atoms with Crippen molar-refractivity contribution in [3.63, 3.8) is 0 Å². The van der Waals surface area contributed by atoms with Crippen molar-refractivity contribution in [1.82, 2.24) is 34.3 Å². The predicted octanol–water partition coefficient (Wildman–Crippen LogP) is 13.3. The minimum Gasteiger partial charge on any atom is -0.744 e. The molecule has 6 aromatic carbocycles. The Bertz CT molecular complexity index is 4610. The first kappa shape index (κ1) is 144. The van der Waals surface area contributed by atoms with Crippen molar-refractivity contribution in [1.29, 1.82) is 0 Å². The third-order valence-corrected chi connectivity index (χ3v) is 25.1. The van der Waals surface area contributed by atoms with Crippen LogP contribution in [0.2, 0.25) is 0 Å². The standard InChI is InChI=1S/2C9H18N2O2.C8H10O3S.5C7H8O3S.3C5H11NO.3C4H7NO.2C3H7.3C2H5/c2*1-8(12)10(3)4-5-11-6-7-13-9(11)2;1-7-3-5-8(6-4-7)12(9,10)11-2;5*1-6-2-4-7(5-3-6)11(8,9)10;3*1-5-6(2)3-4-7-5;3*1-4-5-2-3-6-4;2*1-3-2;3*1-2/h2*9H,4-7H2,1-3H3;3-6H,1-2H3;5*2-5H,1H3,(H,8,9,10);3*5H,3-4H2,1-2H3;3*2-3H2,1H3;2*3H,1-2H3;3*1H2,2H3/q;;;;;;;;;;;;;;5*+1/p-5. The Morgan fingerprint density at radius 1 is 0.340 bits per heavy atom. The molecule has 5 saturated heterocycles. The van der Waals surface area contributed by atoms with Crippen molar-refractivity contribution in [3.8, 4) is 0 Å². The molecule has 2 amide bonds. The van der Waals surface area contributed by atoms with E-state index in [-0.39, 0.29) is 53.6 Å². The van der Waals surface area contributed by atoms with E-state index in [4.69, 9.17) is 37.9 Å². The van der Waals surface area contributed by atoms with Crippen molar-refractivity contribution >= 4 is 90.2 Å². The molecule has 0 aliphatic carbocycles. The number of aryl methyl sites for hydroxylation is 6. The van der Waals surface area contributed by atoms with E-state index < -0.39 is 60.7 Å². The molecule has 0 saturated carbocycles. The van der Waals surface area contributed by atoms with Crippen molar-refractivity contribution in [3.05, 3.63) is 213 Å². The number of ether oxygens (including phenoxy) is 8. The average Bonchev–Trinajstić information content (AvgIpc) is 1.49. The van der Waals surface area contributed by atoms with Crippen LogP contribution >= 0.6 is 0 Å². The molecule has 8 aliphatic rings. The second kappa shape index (κ2) is 80.2. The van der Waals surface area contributed by atoms with Crippen LogP contribution < -0.4 is 0 Å². The second-order valence-electron chi connectivity index (χ2n) is 31.4. The molecule has 0 N–H and O–H groups in total. The summed E-state index contributed by atoms with van der Waals surface area (Å²) >= 11 is 0. The van der Waals surface area contributed by atoms with Gasteiger partial charge in [-0.25, -0.2) is 42.1 Å². The van der Waals surface area contributed by atoms with Gasteiger partial charge in [0.05, 0.1) is 171 Å². The summed E-state index contributed by atoms with van der Waals surface area (Å²) in [6, 6.07) is 35.4. The van der Waals surface area contributed by atoms with Crippen LogP contribution in [0.25, 0.3) is 0 Å². The molecule has 14 rings (SSSR count). The van der Waals surface area contributed by atoms with Crippen LogP contribution in [0.4, 0.5) is 0 Å². The Kier molecular flexibility index (Phi) is 79.9. The van der Waals surface area contributed by atoms with E-state index >= 15 is 0 Å². The lowest BCUT2D eigenvalue weighted by Crippen LogP contribution is -2.37. The van der Waals surface area contributed by atoms with Gasteiger partial charge >= 0.3 is 0 Å². The zero-order chi connectivity index (χ0) is 112. The van der Waals surface area contributed by atoms with E-state index in [1.54, 1.807) is 117 Å². The van der Waals surface area contributed by atoms with E-state index in [9.17, 15) is 82.9 Å². The van der Waals surface area contributed by atoms with Crippen LogP contribution in [0.15, 0.2) is 190 Å². The molecule has 0 aromatic heterocycles. The molecule has 0 spiro atoms. The largest absolute Gasteiger partial charge is 0.744 e. The van der Waals surface area contributed by atoms with Crippen molar-refractivity contribution in [2.45, 2.75) is 220 Å². The maximum Gasteiger partial charge on any atom is 0.296 e. The van der Waals surface area contributed by atoms with Gasteiger partial charge < -0.3 is 70.5 Å². The number of aliphatic imine (C=N–C) groups is 3. The fourth-order valence-corrected chi connectivity index (χ4v) is 13.4. The van der Waals surface area contributed by atoms with Crippen LogP contribution in [0.3, 0.4) is 0 Å². The molecule has 38 nitrogen and oxygen atoms in total. The van der Waals surface area contributed by atoms with Crippen LogP contribution in [0.5, 0.6) is 0 Å². The van der Waals surface area contributed by atoms with Gasteiger partial charge in [-0.1, -0.05) is 106 Å². The van der Waals surface area contributed by atoms with Crippen LogP contribution in [0, 0.1) is 75.2 Å². The first-order chi connectivity index (χ1) is 67.2. The second-order valence-corrected chi connectivity index (χ2v) is 40.0. The van der Waals surface area contributed by atoms with E-state index in [2.05, 4.69) is 106 Å². The topological polar surface area (TPSA) is 497 Å². The summed E-state index contributed by atoms with van der Waals surface area (Å²) in [6.45, 7) is 70.9. The Hall–Kier alpha value is -8.92. The summed E-state index contributed by atoms with van der Waals surface area (Å²) < 4.78 is 223. The lowest BCUT2D eigenvalue weighted by Gasteiger charge is -2.22. The smallest absolute Gasteiger partial charge is 0.296 e. The Morgan fingerprint density at radius 2 is 0.514 bits per heavy atom. The number of carbonyl (C=O) groups is 2. The van der Waals surface area contributed by atoms with Gasteiger partial charge in [-0.15, -0.1) is 0 Å². The summed E-state index contributed by atoms with van der Waals surface area (Å²) in [5, 5.41) is 0. The number of likely N-dealkylation sites (N-methyl/N-ethyl adjacent to an activating group) is 5. The summed E-state index contributed by atoms with van der Waals surface area (Å²) in [5.41, 5.74) is 5.66. The average molecular weight is 2150 g/mol. The lowest BCUT2D eigenvalue weighted by atomic mass is 10.2. The van der Waals surface area contributed by atoms with Gasteiger partial charge in [-0.3, -0.25) is 53.2 Å². The quantitative estimate of drug-likeness (QED) is 0.0588. The number of hydrogen-bond acceptors (Lipinski definition) is 36. The number of rotatable bonds is 13. The Labute approximate surface area is 864 Å². The first-order valence-corrected chi connectivity index (χ1v) is 54.8. The van der Waals surface area contributed by atoms with Crippen molar-refractivity contribution < 1.29 is 125 Å². The maximum absolute atomic E-state index is 11.1. The third kappa shape index (κ3) is 72.4. The molecule has 5 unspecified atom stereocenters. The zero-order valence-electron chi connectivity index (χ0n) is 90.0. The highest BCUT2D eigenvalue weighted by atomic mass is 32.2. The highest BCUT2D eigenvalue weighted by molar-refractivity contribution is 7.87. The highest BCUT2D eigenvalue weighted by Crippen LogP contribution is 2.17. The first-order valence-electron chi connectivity index (χ1n) is 46.3. The molecule has 44 heteroatoms. The highest BCUT2D eigenvalue weighted by Gasteiger charge is 2.23. The summed E-state index contributed by atoms with van der Waals surface area (Å²) in [4.78, 5) is 47.4. The monoisotopic (exact) mass is 2150 g/mol. The van der Waals surface area contributed by atoms with E-state index in [1.807, 2.05) is 131 Å². The fourth-order valence-electron chi connectivity index (χ4n) is 10.4. The molecule has 0 bridgehead atoms. The molecule has 144 heavy (non-hydrogen) atoms. The van der Waals surface area contributed by atoms with Gasteiger partial charge in [-0.05, 0) is 170 Å². The summed E-state index contributed by atoms with van der Waals surface area (Å²) in [5.74, 6) is 2.72. The molecular formula is C100H164N10O28S6. The van der Waals surface area contributed by atoms with Crippen LogP contribution in [0.1, 0.15) is 151 Å². The minimum atomic E-state index is -4.27. The number of nitrogens with zero attached hydrogens (tertiary/aromatic N) is 10. The van der Waals surface area contributed by atoms with E-state index in [1.165, 1.54) is 72.8 Å². The molecular weight excluding hydrogens is 1980 g/mol. The van der Waals surface area contributed by atoms with Gasteiger partial charge in [0.1, 0.15) is 102 Å². The van der Waals surface area contributed by atoms with Crippen molar-refractivity contribution in [2.24, 2.45) is 15.0 Å². The molecule has 0 radical (unpaired) electrons. The molecule has 5 fully saturated rings. The Morgan fingerprint density at radius 3 is 0.618 bits per heavy atom. The number of carbonyl (C=O) groups excluding carboxylic acids is 2. The molecule has 8 aliphatic heterocycles. The summed E-state index contributed by atoms with van der Waals surface area (Å²) in [7, 11) is -13.9. The van der Waals surface area contributed by atoms with Gasteiger partial charge in [-0.2, -0.15) is 8.42 Å². The number of benzene rings is 6. The van der Waals surface area contributed by atoms with Gasteiger partial charge in [0, 0.05) is 108 Å². The lowest BCUT2D eigenvalue weighted by molar-refractivity contribution is -0.128. The fraction of sp³-hybridized carbons (Fsp3) is 0.540. The van der Waals surface area contributed by atoms with Gasteiger partial charge in [0.15, 0.2) is 17.7 Å². The predicted molar refractivity (Wildman–Crippen MR) is 562 cm³/mol. The van der Waals surface area contributed by atoms with Crippen molar-refractivity contribution in [2.75, 3.05) is 174 Å². The SMILES string of the molecule is CC(=O)N(C)CCN1CCOC1C.CC(=O)N(C)CCN1CCOC1C.CC1=NCCO1.CC1=NCCO1.CC1=NCCO1.CC1OCCN1C.CC1OCCN1C.CC1OCCN1C.COS(=O)(=O)c1ccc(C)cc1.C[CH+]C.C[CH+]C.Cc1ccc(S(=O)(=O)[O-])cc1.Cc1ccc(S(=O)(=O)[O-])cc1.Cc1ccc(S(=O)(=O)[O-])cc1.Cc1ccc(S(=O)(=O)[O-])cc1.Cc1ccc(S(=O)(=O)[O-])cc1.[CH2+]C.[CH2+]C.[CH2+]C. The Balaban J connectivity index is -0.000000480. The number of hydrogen-bond donors (Lipinski definition) is 0. The third-order valence-electron chi connectivity index (χ3n) is 19.6. The molecule has 8 heterocycles. The van der Waals surface area contributed by atoms with E-state index in [0.717, 1.165) is 190 Å². The molecule has 5 atom stereocenters. The zero-order valence-corrected chi connectivity index (χ0v) is 94.9. The van der Waals surface area contributed by atoms with Crippen LogP contribution in [-0.4, -0.2) is 342 Å². The molecule has 818 valence electrons. The van der Waals surface area contributed by atoms with Gasteiger partial charge in [0.25, 0.3) is 10.1 Å². The van der Waals surface area contributed by atoms with E-state index in [0.29, 0.717) is 18.7 Å². The molecule has 6 aromatic rings. The number of amides is 2. The van der Waals surface area contributed by atoms with Crippen LogP contribution in [-0.2, 0) is 112 Å². The van der Waals surface area contributed by atoms with Gasteiger partial charge in [0.2, 0.25) is 11.8 Å².